The minimum atomic E-state index is 0.944. The van der Waals surface area contributed by atoms with Crippen LogP contribution in [0.4, 0.5) is 0 Å². The Morgan fingerprint density at radius 1 is 0.300 bits per heavy atom. The van der Waals surface area contributed by atoms with Crippen LogP contribution in [0.2, 0.25) is 0 Å². The molecule has 0 aliphatic heterocycles. The molecule has 2 nitrogen and oxygen atoms in total. The van der Waals surface area contributed by atoms with E-state index in [1.54, 1.807) is 0 Å². The minimum absolute atomic E-state index is 0.944. The molecule has 0 saturated heterocycles. The van der Waals surface area contributed by atoms with Gasteiger partial charge in [0.15, 0.2) is 0 Å². The van der Waals surface area contributed by atoms with Crippen LogP contribution in [0.25, 0.3) is 47.6 Å². The van der Waals surface area contributed by atoms with E-state index in [9.17, 15) is 0 Å². The highest BCUT2D eigenvalue weighted by Crippen LogP contribution is 2.29. The van der Waals surface area contributed by atoms with Gasteiger partial charge in [-0.2, -0.15) is 0 Å². The molecule has 2 heterocycles. The summed E-state index contributed by atoms with van der Waals surface area (Å²) in [5, 5.41) is 0. The molecule has 0 aliphatic rings. The van der Waals surface area contributed by atoms with Gasteiger partial charge in [-0.05, 0) is 80.9 Å². The Kier molecular flexibility index (Phi) is 10.2. The molecule has 0 saturated carbocycles. The number of hydrogen-bond donors (Lipinski definition) is 0. The average molecular weight is 641 g/mol. The monoisotopic (exact) mass is 640 g/mol. The van der Waals surface area contributed by atoms with Crippen molar-refractivity contribution in [1.29, 1.82) is 0 Å². The lowest BCUT2D eigenvalue weighted by atomic mass is 9.96. The van der Waals surface area contributed by atoms with Gasteiger partial charge in [0.05, 0.1) is 11.4 Å². The van der Waals surface area contributed by atoms with Gasteiger partial charge in [-0.25, -0.2) is 0 Å². The lowest BCUT2D eigenvalue weighted by Gasteiger charge is -2.10. The van der Waals surface area contributed by atoms with Gasteiger partial charge in [-0.15, -0.1) is 0 Å². The summed E-state index contributed by atoms with van der Waals surface area (Å²) in [5.74, 6) is 0. The highest BCUT2D eigenvalue weighted by Gasteiger charge is 2.09. The lowest BCUT2D eigenvalue weighted by Crippen LogP contribution is -1.92. The molecule has 0 atom stereocenters. The number of benzene rings is 5. The maximum absolute atomic E-state index is 4.68. The minimum Gasteiger partial charge on any atom is -0.256 e. The van der Waals surface area contributed by atoms with Gasteiger partial charge >= 0.3 is 0 Å². The summed E-state index contributed by atoms with van der Waals surface area (Å²) in [6.07, 6.45) is 17.0. The molecule has 0 radical (unpaired) electrons. The summed E-state index contributed by atoms with van der Waals surface area (Å²) < 4.78 is 0. The quantitative estimate of drug-likeness (QED) is 0.139. The number of hydrogen-bond acceptors (Lipinski definition) is 2. The lowest BCUT2D eigenvalue weighted by molar-refractivity contribution is 1.27. The molecule has 2 aromatic heterocycles. The highest BCUT2D eigenvalue weighted by molar-refractivity contribution is 5.94. The van der Waals surface area contributed by atoms with E-state index in [4.69, 9.17) is 0 Å². The van der Waals surface area contributed by atoms with Crippen LogP contribution in [-0.4, -0.2) is 9.97 Å². The van der Waals surface area contributed by atoms with E-state index < -0.39 is 0 Å². The normalized spacial score (nSPS) is 12.1. The Labute approximate surface area is 294 Å². The van der Waals surface area contributed by atoms with E-state index in [2.05, 4.69) is 180 Å². The molecule has 238 valence electrons. The van der Waals surface area contributed by atoms with Crippen LogP contribution in [0.15, 0.2) is 182 Å². The van der Waals surface area contributed by atoms with Gasteiger partial charge < -0.3 is 0 Å². The molecule has 0 amide bonds. The van der Waals surface area contributed by atoms with Crippen LogP contribution in [-0.2, 0) is 0 Å². The van der Waals surface area contributed by atoms with Crippen molar-refractivity contribution in [2.45, 2.75) is 0 Å². The Bertz CT molecular complexity index is 2030. The van der Waals surface area contributed by atoms with E-state index >= 15 is 0 Å². The fourth-order valence-electron chi connectivity index (χ4n) is 5.96. The van der Waals surface area contributed by atoms with Gasteiger partial charge in [0.2, 0.25) is 0 Å². The molecule has 7 aromatic rings. The van der Waals surface area contributed by atoms with Crippen LogP contribution in [0.3, 0.4) is 0 Å². The maximum Gasteiger partial charge on any atom is 0.0708 e. The van der Waals surface area contributed by atoms with Gasteiger partial charge in [-0.1, -0.05) is 170 Å². The summed E-state index contributed by atoms with van der Waals surface area (Å²) in [6.45, 7) is 0. The van der Waals surface area contributed by atoms with Crippen LogP contribution >= 0.6 is 0 Å². The van der Waals surface area contributed by atoms with E-state index in [0.717, 1.165) is 67.0 Å². The molecule has 0 unspecified atom stereocenters. The zero-order valence-electron chi connectivity index (χ0n) is 27.7. The van der Waals surface area contributed by atoms with E-state index in [-0.39, 0.29) is 0 Å². The largest absolute Gasteiger partial charge is 0.256 e. The third-order valence-corrected chi connectivity index (χ3v) is 8.52. The van der Waals surface area contributed by atoms with Gasteiger partial charge in [0, 0.05) is 23.5 Å². The molecular weight excluding hydrogens is 605 g/mol. The zero-order valence-corrected chi connectivity index (χ0v) is 27.7. The number of rotatable bonds is 10. The Morgan fingerprint density at radius 2 is 0.600 bits per heavy atom. The first-order valence-electron chi connectivity index (χ1n) is 16.8. The Morgan fingerprint density at radius 3 is 0.940 bits per heavy atom. The van der Waals surface area contributed by atoms with Crippen LogP contribution in [0, 0.1) is 0 Å². The van der Waals surface area contributed by atoms with Crippen LogP contribution in [0.5, 0.6) is 0 Å². The first-order valence-corrected chi connectivity index (χ1v) is 16.8. The van der Waals surface area contributed by atoms with E-state index in [1.807, 2.05) is 48.8 Å². The number of pyridine rings is 2. The summed E-state index contributed by atoms with van der Waals surface area (Å²) in [6, 6.07) is 58.5. The number of aromatic nitrogens is 2. The topological polar surface area (TPSA) is 25.8 Å². The highest BCUT2D eigenvalue weighted by atomic mass is 14.7. The second-order valence-electron chi connectivity index (χ2n) is 11.8. The van der Waals surface area contributed by atoms with Gasteiger partial charge in [0.1, 0.15) is 0 Å². The van der Waals surface area contributed by atoms with Gasteiger partial charge in [-0.3, -0.25) is 9.97 Å². The maximum atomic E-state index is 4.68. The SMILES string of the molecule is C(=Cc1ccccc1C=C(c1ccccc1)c1ccccn1)c1ccccc1C=Cc1ccccc1C=C(c1ccccc1)c1ccccn1. The van der Waals surface area contributed by atoms with Crippen molar-refractivity contribution in [1.82, 2.24) is 9.97 Å². The molecule has 50 heavy (non-hydrogen) atoms. The molecule has 2 heteroatoms. The Balaban J connectivity index is 1.21. The van der Waals surface area contributed by atoms with E-state index in [0.29, 0.717) is 0 Å². The van der Waals surface area contributed by atoms with Crippen LogP contribution < -0.4 is 0 Å². The van der Waals surface area contributed by atoms with Crippen molar-refractivity contribution in [2.75, 3.05) is 0 Å². The third kappa shape index (κ3) is 7.90. The van der Waals surface area contributed by atoms with Gasteiger partial charge in [0.25, 0.3) is 0 Å². The first-order chi connectivity index (χ1) is 24.8. The molecule has 0 bridgehead atoms. The second-order valence-corrected chi connectivity index (χ2v) is 11.8. The smallest absolute Gasteiger partial charge is 0.0708 e. The summed E-state index contributed by atoms with van der Waals surface area (Å²) in [5.41, 5.74) is 13.1. The molecule has 0 fully saturated rings. The first kappa shape index (κ1) is 31.9. The second kappa shape index (κ2) is 16.0. The fourth-order valence-corrected chi connectivity index (χ4v) is 5.96. The van der Waals surface area contributed by atoms with Crippen molar-refractivity contribution >= 4 is 47.6 Å². The zero-order chi connectivity index (χ0) is 33.8. The number of nitrogens with zero attached hydrogens (tertiary/aromatic N) is 2. The average Bonchev–Trinajstić information content (AvgIpc) is 3.20. The molecule has 0 spiro atoms. The fraction of sp³-hybridized carbons (Fsp3) is 0. The summed E-state index contributed by atoms with van der Waals surface area (Å²) >= 11 is 0. The van der Waals surface area contributed by atoms with Crippen LogP contribution in [0.1, 0.15) is 55.9 Å². The van der Waals surface area contributed by atoms with Crippen molar-refractivity contribution in [2.24, 2.45) is 0 Å². The predicted molar refractivity (Wildman–Crippen MR) is 212 cm³/mol. The predicted octanol–water partition coefficient (Wildman–Crippen LogP) is 12.0. The summed E-state index contributed by atoms with van der Waals surface area (Å²) in [7, 11) is 0. The Hall–Kier alpha value is -6.64. The third-order valence-electron chi connectivity index (χ3n) is 8.52. The molecule has 5 aromatic carbocycles. The molecule has 7 rings (SSSR count). The molecule has 0 aliphatic carbocycles. The standard InChI is InChI=1S/C48H36N2/c1-3-21-41(22-4-1)45(47-27-13-15-33-49-47)35-43-25-11-9-19-39(43)31-29-37-17-7-8-18-38(37)30-32-40-20-10-12-26-44(40)36-46(42-23-5-2-6-24-42)48-28-14-16-34-50-48/h1-36H. The van der Waals surface area contributed by atoms with Crippen molar-refractivity contribution in [3.63, 3.8) is 0 Å². The van der Waals surface area contributed by atoms with Crippen molar-refractivity contribution in [3.8, 4) is 0 Å². The van der Waals surface area contributed by atoms with Crippen molar-refractivity contribution in [3.05, 3.63) is 238 Å². The van der Waals surface area contributed by atoms with E-state index in [1.165, 1.54) is 0 Å². The summed E-state index contributed by atoms with van der Waals surface area (Å²) in [4.78, 5) is 9.37. The molecule has 0 N–H and O–H groups in total. The van der Waals surface area contributed by atoms with Crippen molar-refractivity contribution < 1.29 is 0 Å². The molecular formula is C48H36N2.